The smallest absolute Gasteiger partial charge is 0.378 e. The van der Waals surface area contributed by atoms with Crippen LogP contribution in [-0.2, 0) is 14.9 Å². The molecule has 0 heterocycles. The summed E-state index contributed by atoms with van der Waals surface area (Å²) in [7, 11) is -7.08. The average Bonchev–Trinajstić information content (AvgIpc) is 2.47. The van der Waals surface area contributed by atoms with E-state index in [0.717, 1.165) is 13.0 Å². The number of benzene rings is 1. The number of carbonyl (C=O) groups excluding carboxylic acids is 1. The SMILES string of the molecule is CC(=O)Nc1ccc(OS(=O)(=O)C(F)(F)C(F)(F)C(F)(F)C(F)(F)F)cc1Cl. The molecule has 1 aromatic carbocycles. The molecule has 0 fully saturated rings. The molecule has 0 spiro atoms. The molecule has 0 aliphatic carbocycles. The molecule has 1 N–H and O–H groups in total. The monoisotopic (exact) mass is 467 g/mol. The molecule has 0 unspecified atom stereocenters. The second kappa shape index (κ2) is 7.17. The summed E-state index contributed by atoms with van der Waals surface area (Å²) in [6.07, 6.45) is -7.20. The fraction of sp³-hybridized carbons (Fsp3) is 0.417. The lowest BCUT2D eigenvalue weighted by Crippen LogP contribution is -2.63. The lowest BCUT2D eigenvalue weighted by Gasteiger charge is -2.32. The number of amides is 1. The van der Waals surface area contributed by atoms with Crippen molar-refractivity contribution in [1.29, 1.82) is 0 Å². The Morgan fingerprint density at radius 1 is 1.00 bits per heavy atom. The van der Waals surface area contributed by atoms with Crippen molar-refractivity contribution < 1.29 is 56.9 Å². The summed E-state index contributed by atoms with van der Waals surface area (Å²) in [5.74, 6) is -16.7. The zero-order chi connectivity index (χ0) is 22.3. The summed E-state index contributed by atoms with van der Waals surface area (Å²) in [5, 5.41) is -5.47. The third-order valence-corrected chi connectivity index (χ3v) is 4.50. The quantitative estimate of drug-likeness (QED) is 0.496. The molecule has 0 aromatic heterocycles. The van der Waals surface area contributed by atoms with Gasteiger partial charge in [-0.1, -0.05) is 11.6 Å². The summed E-state index contributed by atoms with van der Waals surface area (Å²) < 4.78 is 141. The van der Waals surface area contributed by atoms with Gasteiger partial charge < -0.3 is 9.50 Å². The van der Waals surface area contributed by atoms with Gasteiger partial charge in [-0.05, 0) is 12.1 Å². The van der Waals surface area contributed by atoms with Crippen LogP contribution in [0.1, 0.15) is 6.92 Å². The van der Waals surface area contributed by atoms with Crippen molar-refractivity contribution in [1.82, 2.24) is 0 Å². The third-order valence-electron chi connectivity index (χ3n) is 2.89. The summed E-state index contributed by atoms with van der Waals surface area (Å²) >= 11 is 5.54. The van der Waals surface area contributed by atoms with Gasteiger partial charge in [-0.25, -0.2) is 0 Å². The first-order valence-electron chi connectivity index (χ1n) is 6.49. The largest absolute Gasteiger partial charge is 0.460 e. The average molecular weight is 468 g/mol. The summed E-state index contributed by atoms with van der Waals surface area (Å²) in [5.41, 5.74) is -0.209. The molecular weight excluding hydrogens is 461 g/mol. The first kappa shape index (κ1) is 24.1. The predicted octanol–water partition coefficient (Wildman–Crippen LogP) is 4.43. The van der Waals surface area contributed by atoms with Gasteiger partial charge >= 0.3 is 33.4 Å². The van der Waals surface area contributed by atoms with Crippen molar-refractivity contribution in [2.24, 2.45) is 0 Å². The lowest BCUT2D eigenvalue weighted by molar-refractivity contribution is -0.382. The number of hydrogen-bond donors (Lipinski definition) is 1. The summed E-state index contributed by atoms with van der Waals surface area (Å²) in [6, 6.07) is 1.65. The van der Waals surface area contributed by atoms with Crippen LogP contribution in [0.15, 0.2) is 18.2 Å². The van der Waals surface area contributed by atoms with Crippen molar-refractivity contribution in [2.45, 2.75) is 30.2 Å². The van der Waals surface area contributed by atoms with Gasteiger partial charge in [0.25, 0.3) is 0 Å². The van der Waals surface area contributed by atoms with Gasteiger partial charge in [0.2, 0.25) is 5.91 Å². The van der Waals surface area contributed by atoms with E-state index in [1.807, 2.05) is 0 Å². The van der Waals surface area contributed by atoms with Crippen molar-refractivity contribution in [3.63, 3.8) is 0 Å². The maximum absolute atomic E-state index is 13.5. The van der Waals surface area contributed by atoms with E-state index in [1.54, 1.807) is 0 Å². The Hall–Kier alpha value is -1.90. The summed E-state index contributed by atoms with van der Waals surface area (Å²) in [6.45, 7) is 1.02. The van der Waals surface area contributed by atoms with E-state index in [1.165, 1.54) is 0 Å². The van der Waals surface area contributed by atoms with Crippen molar-refractivity contribution in [2.75, 3.05) is 5.32 Å². The second-order valence-corrected chi connectivity index (χ2v) is 7.02. The van der Waals surface area contributed by atoms with Crippen molar-refractivity contribution in [3.05, 3.63) is 23.2 Å². The van der Waals surface area contributed by atoms with Crippen LogP contribution in [0.3, 0.4) is 0 Å². The van der Waals surface area contributed by atoms with Gasteiger partial charge in [0.05, 0.1) is 10.7 Å². The fourth-order valence-corrected chi connectivity index (χ4v) is 2.66. The molecule has 0 aliphatic heterocycles. The van der Waals surface area contributed by atoms with E-state index in [9.17, 15) is 52.7 Å². The number of halogens is 10. The van der Waals surface area contributed by atoms with Gasteiger partial charge in [0.1, 0.15) is 5.75 Å². The van der Waals surface area contributed by atoms with Gasteiger partial charge in [-0.2, -0.15) is 47.9 Å². The second-order valence-electron chi connectivity index (χ2n) is 5.02. The van der Waals surface area contributed by atoms with E-state index in [-0.39, 0.29) is 5.69 Å². The van der Waals surface area contributed by atoms with Crippen LogP contribution in [0.2, 0.25) is 5.02 Å². The molecule has 16 heteroatoms. The van der Waals surface area contributed by atoms with E-state index in [4.69, 9.17) is 11.6 Å². The van der Waals surface area contributed by atoms with E-state index in [2.05, 4.69) is 9.50 Å². The van der Waals surface area contributed by atoms with E-state index < -0.39 is 50.1 Å². The highest BCUT2D eigenvalue weighted by atomic mass is 35.5. The molecule has 1 aromatic rings. The highest BCUT2D eigenvalue weighted by molar-refractivity contribution is 7.88. The molecule has 0 radical (unpaired) electrons. The number of carbonyl (C=O) groups is 1. The Balaban J connectivity index is 3.31. The van der Waals surface area contributed by atoms with E-state index >= 15 is 0 Å². The van der Waals surface area contributed by atoms with Crippen molar-refractivity contribution >= 4 is 33.3 Å². The van der Waals surface area contributed by atoms with Gasteiger partial charge in [-0.3, -0.25) is 4.79 Å². The van der Waals surface area contributed by atoms with Crippen LogP contribution >= 0.6 is 11.6 Å². The Labute approximate surface area is 155 Å². The number of nitrogens with one attached hydrogen (secondary N) is 1. The molecule has 1 amide bonds. The first-order valence-corrected chi connectivity index (χ1v) is 8.28. The lowest BCUT2D eigenvalue weighted by atomic mass is 10.1. The summed E-state index contributed by atoms with van der Waals surface area (Å²) in [4.78, 5) is 10.9. The number of alkyl halides is 9. The highest BCUT2D eigenvalue weighted by Gasteiger charge is 2.86. The molecule has 0 aliphatic rings. The van der Waals surface area contributed by atoms with Gasteiger partial charge in [0.15, 0.2) is 0 Å². The van der Waals surface area contributed by atoms with Crippen molar-refractivity contribution in [3.8, 4) is 5.75 Å². The van der Waals surface area contributed by atoms with E-state index in [0.29, 0.717) is 12.1 Å². The third kappa shape index (κ3) is 4.09. The minimum Gasteiger partial charge on any atom is -0.378 e. The Kier molecular flexibility index (Phi) is 6.18. The molecule has 0 bridgehead atoms. The van der Waals surface area contributed by atoms with Crippen LogP contribution in [0, 0.1) is 0 Å². The van der Waals surface area contributed by atoms with Gasteiger partial charge in [0, 0.05) is 13.0 Å². The Morgan fingerprint density at radius 2 is 1.50 bits per heavy atom. The molecule has 0 saturated heterocycles. The minimum atomic E-state index is -7.42. The zero-order valence-corrected chi connectivity index (χ0v) is 14.6. The van der Waals surface area contributed by atoms with Crippen LogP contribution < -0.4 is 9.50 Å². The predicted molar refractivity (Wildman–Crippen MR) is 76.2 cm³/mol. The van der Waals surface area contributed by atoms with Crippen LogP contribution in [-0.4, -0.2) is 37.6 Å². The standard InChI is InChI=1S/C12H7ClF9NO4S/c1-5(24)23-8-3-2-6(4-7(8)13)27-28(25,26)12(21,22)10(16,17)9(14,15)11(18,19)20/h2-4H,1H3,(H,23,24). The molecular formula is C12H7ClF9NO4S. The molecule has 28 heavy (non-hydrogen) atoms. The zero-order valence-electron chi connectivity index (χ0n) is 13.1. The van der Waals surface area contributed by atoms with Gasteiger partial charge in [-0.15, -0.1) is 0 Å². The first-order chi connectivity index (χ1) is 12.3. The number of hydrogen-bond acceptors (Lipinski definition) is 4. The van der Waals surface area contributed by atoms with Crippen LogP contribution in [0.4, 0.5) is 45.2 Å². The molecule has 0 saturated carbocycles. The topological polar surface area (TPSA) is 72.5 Å². The normalized spacial score (nSPS) is 14.0. The molecule has 0 atom stereocenters. The Bertz CT molecular complexity index is 870. The fourth-order valence-electron chi connectivity index (χ4n) is 1.54. The maximum Gasteiger partial charge on any atom is 0.460 e. The number of rotatable bonds is 6. The van der Waals surface area contributed by atoms with Crippen LogP contribution in [0.25, 0.3) is 0 Å². The molecule has 1 rings (SSSR count). The molecule has 5 nitrogen and oxygen atoms in total. The minimum absolute atomic E-state index is 0.209. The Morgan fingerprint density at radius 3 is 1.89 bits per heavy atom. The maximum atomic E-state index is 13.5. The van der Waals surface area contributed by atoms with Crippen LogP contribution in [0.5, 0.6) is 5.75 Å². The number of anilines is 1. The highest BCUT2D eigenvalue weighted by Crippen LogP contribution is 2.55. The molecule has 160 valence electrons.